The first-order valence-corrected chi connectivity index (χ1v) is 8.08. The summed E-state index contributed by atoms with van der Waals surface area (Å²) in [6.07, 6.45) is 6.72. The summed E-state index contributed by atoms with van der Waals surface area (Å²) >= 11 is 0. The van der Waals surface area contributed by atoms with Crippen LogP contribution in [0.1, 0.15) is 43.6 Å². The predicted octanol–water partition coefficient (Wildman–Crippen LogP) is 2.12. The standard InChI is InChI=1S/C16H23N5/c1-20-11-3-5-14(20)16-19-13-4-2-8-18-15(13)21(16)12-6-9-17-10-7-12/h2,4,8,12,14,17H,3,5-7,9-11H2,1H3. The number of imidazole rings is 1. The molecule has 21 heavy (non-hydrogen) atoms. The highest BCUT2D eigenvalue weighted by Gasteiger charge is 2.31. The number of rotatable bonds is 2. The zero-order valence-corrected chi connectivity index (χ0v) is 12.6. The average molecular weight is 285 g/mol. The van der Waals surface area contributed by atoms with Crippen molar-refractivity contribution < 1.29 is 0 Å². The fourth-order valence-electron chi connectivity index (χ4n) is 3.84. The van der Waals surface area contributed by atoms with Crippen LogP contribution in [-0.2, 0) is 0 Å². The van der Waals surface area contributed by atoms with Gasteiger partial charge in [-0.3, -0.25) is 4.90 Å². The molecule has 2 aromatic rings. The van der Waals surface area contributed by atoms with Crippen LogP contribution < -0.4 is 5.32 Å². The van der Waals surface area contributed by atoms with Gasteiger partial charge in [0.05, 0.1) is 6.04 Å². The monoisotopic (exact) mass is 285 g/mol. The zero-order valence-electron chi connectivity index (χ0n) is 12.6. The van der Waals surface area contributed by atoms with Crippen LogP contribution in [-0.4, -0.2) is 46.1 Å². The maximum Gasteiger partial charge on any atom is 0.160 e. The molecule has 4 heterocycles. The Balaban J connectivity index is 1.84. The summed E-state index contributed by atoms with van der Waals surface area (Å²) in [5, 5.41) is 3.46. The Morgan fingerprint density at radius 1 is 1.24 bits per heavy atom. The van der Waals surface area contributed by atoms with Crippen LogP contribution in [0.3, 0.4) is 0 Å². The number of hydrogen-bond acceptors (Lipinski definition) is 4. The fraction of sp³-hybridized carbons (Fsp3) is 0.625. The normalized spacial score (nSPS) is 24.9. The van der Waals surface area contributed by atoms with E-state index in [0.717, 1.165) is 24.3 Å². The molecule has 0 spiro atoms. The van der Waals surface area contributed by atoms with Gasteiger partial charge in [0.15, 0.2) is 5.65 Å². The van der Waals surface area contributed by atoms with Crippen molar-refractivity contribution in [2.75, 3.05) is 26.7 Å². The van der Waals surface area contributed by atoms with Crippen LogP contribution in [0, 0.1) is 0 Å². The average Bonchev–Trinajstić information content (AvgIpc) is 3.11. The molecule has 2 fully saturated rings. The summed E-state index contributed by atoms with van der Waals surface area (Å²) in [5.41, 5.74) is 2.12. The van der Waals surface area contributed by atoms with Crippen LogP contribution >= 0.6 is 0 Å². The minimum atomic E-state index is 0.453. The summed E-state index contributed by atoms with van der Waals surface area (Å²) in [6.45, 7) is 3.36. The molecule has 5 nitrogen and oxygen atoms in total. The van der Waals surface area contributed by atoms with Crippen LogP contribution in [0.4, 0.5) is 0 Å². The minimum absolute atomic E-state index is 0.453. The molecule has 0 aromatic carbocycles. The molecule has 4 rings (SSSR count). The molecule has 1 N–H and O–H groups in total. The lowest BCUT2D eigenvalue weighted by atomic mass is 10.1. The summed E-state index contributed by atoms with van der Waals surface area (Å²) < 4.78 is 2.45. The van der Waals surface area contributed by atoms with Crippen molar-refractivity contribution >= 4 is 11.2 Å². The second-order valence-electron chi connectivity index (χ2n) is 6.31. The molecule has 0 saturated carbocycles. The van der Waals surface area contributed by atoms with Gasteiger partial charge in [0, 0.05) is 12.2 Å². The van der Waals surface area contributed by atoms with E-state index in [9.17, 15) is 0 Å². The van der Waals surface area contributed by atoms with Gasteiger partial charge in [-0.1, -0.05) is 0 Å². The van der Waals surface area contributed by atoms with Crippen LogP contribution in [0.15, 0.2) is 18.3 Å². The van der Waals surface area contributed by atoms with Gasteiger partial charge in [0.2, 0.25) is 0 Å². The Bertz CT molecular complexity index is 629. The molecule has 2 saturated heterocycles. The van der Waals surface area contributed by atoms with Crippen LogP contribution in [0.25, 0.3) is 11.2 Å². The number of piperidine rings is 1. The molecule has 2 aromatic heterocycles. The Hall–Kier alpha value is -1.46. The molecule has 112 valence electrons. The van der Waals surface area contributed by atoms with E-state index in [-0.39, 0.29) is 0 Å². The largest absolute Gasteiger partial charge is 0.317 e. The van der Waals surface area contributed by atoms with Gasteiger partial charge in [-0.2, -0.15) is 0 Å². The molecule has 2 aliphatic rings. The number of aromatic nitrogens is 3. The fourth-order valence-corrected chi connectivity index (χ4v) is 3.84. The summed E-state index contributed by atoms with van der Waals surface area (Å²) in [5.74, 6) is 1.23. The van der Waals surface area contributed by atoms with E-state index in [4.69, 9.17) is 4.98 Å². The highest BCUT2D eigenvalue weighted by Crippen LogP contribution is 2.35. The maximum atomic E-state index is 4.96. The molecule has 2 aliphatic heterocycles. The van der Waals surface area contributed by atoms with Crippen LogP contribution in [0.5, 0.6) is 0 Å². The smallest absolute Gasteiger partial charge is 0.160 e. The zero-order chi connectivity index (χ0) is 14.2. The second kappa shape index (κ2) is 5.39. The van der Waals surface area contributed by atoms with Crippen molar-refractivity contribution in [2.24, 2.45) is 0 Å². The van der Waals surface area contributed by atoms with Crippen LogP contribution in [0.2, 0.25) is 0 Å². The minimum Gasteiger partial charge on any atom is -0.317 e. The van der Waals surface area contributed by atoms with E-state index in [2.05, 4.69) is 32.9 Å². The van der Waals surface area contributed by atoms with Crippen molar-refractivity contribution in [3.63, 3.8) is 0 Å². The molecule has 1 atom stereocenters. The number of pyridine rings is 1. The van der Waals surface area contributed by atoms with Gasteiger partial charge in [-0.15, -0.1) is 0 Å². The number of hydrogen-bond donors (Lipinski definition) is 1. The van der Waals surface area contributed by atoms with E-state index in [1.165, 1.54) is 38.1 Å². The SMILES string of the molecule is CN1CCCC1c1nc2cccnc2n1C1CCNCC1. The van der Waals surface area contributed by atoms with Gasteiger partial charge < -0.3 is 9.88 Å². The first-order valence-electron chi connectivity index (χ1n) is 8.08. The van der Waals surface area contributed by atoms with E-state index >= 15 is 0 Å². The third-order valence-corrected chi connectivity index (χ3v) is 4.97. The topological polar surface area (TPSA) is 46.0 Å². The highest BCUT2D eigenvalue weighted by atomic mass is 15.2. The summed E-state index contributed by atoms with van der Waals surface area (Å²) in [4.78, 5) is 12.0. The number of nitrogens with zero attached hydrogens (tertiary/aromatic N) is 4. The Morgan fingerprint density at radius 2 is 2.10 bits per heavy atom. The van der Waals surface area contributed by atoms with Crippen molar-refractivity contribution in [2.45, 2.75) is 37.8 Å². The molecule has 5 heteroatoms. The lowest BCUT2D eigenvalue weighted by Gasteiger charge is -2.28. The van der Waals surface area contributed by atoms with Crippen molar-refractivity contribution in [3.8, 4) is 0 Å². The maximum absolute atomic E-state index is 4.96. The Morgan fingerprint density at radius 3 is 2.86 bits per heavy atom. The molecule has 0 bridgehead atoms. The molecular formula is C16H23N5. The van der Waals surface area contributed by atoms with Gasteiger partial charge in [0.25, 0.3) is 0 Å². The van der Waals surface area contributed by atoms with Gasteiger partial charge in [-0.05, 0) is 64.5 Å². The van der Waals surface area contributed by atoms with Crippen molar-refractivity contribution in [3.05, 3.63) is 24.2 Å². The summed E-state index contributed by atoms with van der Waals surface area (Å²) in [6, 6.07) is 5.08. The Kier molecular flexibility index (Phi) is 3.39. The van der Waals surface area contributed by atoms with E-state index < -0.39 is 0 Å². The third-order valence-electron chi connectivity index (χ3n) is 4.97. The van der Waals surface area contributed by atoms with Gasteiger partial charge in [-0.25, -0.2) is 9.97 Å². The number of fused-ring (bicyclic) bond motifs is 1. The first-order chi connectivity index (χ1) is 10.3. The number of nitrogens with one attached hydrogen (secondary N) is 1. The molecule has 0 aliphatic carbocycles. The van der Waals surface area contributed by atoms with E-state index in [1.54, 1.807) is 0 Å². The number of likely N-dealkylation sites (tertiary alicyclic amines) is 1. The third kappa shape index (κ3) is 2.24. The lowest BCUT2D eigenvalue weighted by molar-refractivity contribution is 0.281. The molecule has 1 unspecified atom stereocenters. The second-order valence-corrected chi connectivity index (χ2v) is 6.31. The lowest BCUT2D eigenvalue weighted by Crippen LogP contribution is -2.31. The summed E-state index contributed by atoms with van der Waals surface area (Å²) in [7, 11) is 2.22. The van der Waals surface area contributed by atoms with Crippen molar-refractivity contribution in [1.82, 2.24) is 24.8 Å². The van der Waals surface area contributed by atoms with E-state index in [1.807, 2.05) is 12.3 Å². The highest BCUT2D eigenvalue weighted by molar-refractivity contribution is 5.71. The van der Waals surface area contributed by atoms with Gasteiger partial charge in [0.1, 0.15) is 11.3 Å². The van der Waals surface area contributed by atoms with Crippen molar-refractivity contribution in [1.29, 1.82) is 0 Å². The first kappa shape index (κ1) is 13.2. The molecular weight excluding hydrogens is 262 g/mol. The van der Waals surface area contributed by atoms with Gasteiger partial charge >= 0.3 is 0 Å². The quantitative estimate of drug-likeness (QED) is 0.918. The molecule has 0 amide bonds. The molecule has 0 radical (unpaired) electrons. The van der Waals surface area contributed by atoms with E-state index in [0.29, 0.717) is 12.1 Å². The Labute approximate surface area is 125 Å². The predicted molar refractivity (Wildman–Crippen MR) is 83.3 cm³/mol.